The van der Waals surface area contributed by atoms with E-state index in [4.69, 9.17) is 0 Å². The van der Waals surface area contributed by atoms with Crippen molar-refractivity contribution in [3.63, 3.8) is 0 Å². The van der Waals surface area contributed by atoms with Gasteiger partial charge in [-0.15, -0.1) is 11.8 Å². The minimum atomic E-state index is -4.48. The summed E-state index contributed by atoms with van der Waals surface area (Å²) in [7, 11) is 5.35. The molecule has 0 aliphatic heterocycles. The van der Waals surface area contributed by atoms with Gasteiger partial charge in [0.05, 0.1) is 9.80 Å². The topological polar surface area (TPSA) is 40.9 Å². The number of ketones is 1. The monoisotopic (exact) mass is 427 g/mol. The van der Waals surface area contributed by atoms with E-state index in [0.717, 1.165) is 30.0 Å². The van der Waals surface area contributed by atoms with Gasteiger partial charge in [-0.25, -0.2) is 0 Å². The van der Waals surface area contributed by atoms with E-state index in [1.807, 2.05) is 18.6 Å². The van der Waals surface area contributed by atoms with Gasteiger partial charge in [0, 0.05) is 10.5 Å². The highest BCUT2D eigenvalue weighted by atomic mass is 33.1. The molecule has 1 aromatic carbocycles. The Hall–Kier alpha value is -0.340. The highest BCUT2D eigenvalue weighted by Gasteiger charge is 2.32. The molecule has 0 N–H and O–H groups in total. The van der Waals surface area contributed by atoms with Crippen molar-refractivity contribution in [2.24, 2.45) is 0 Å². The molecule has 0 heterocycles. The lowest BCUT2D eigenvalue weighted by Gasteiger charge is -2.12. The van der Waals surface area contributed by atoms with Crippen molar-refractivity contribution in [3.8, 4) is 6.07 Å². The van der Waals surface area contributed by atoms with Crippen LogP contribution in [0.1, 0.15) is 15.9 Å². The van der Waals surface area contributed by atoms with E-state index in [0.29, 0.717) is 4.24 Å². The highest BCUT2D eigenvalue weighted by Crippen LogP contribution is 2.44. The van der Waals surface area contributed by atoms with Gasteiger partial charge in [-0.2, -0.15) is 18.4 Å². The first kappa shape index (κ1) is 21.7. The van der Waals surface area contributed by atoms with Crippen molar-refractivity contribution < 1.29 is 18.0 Å². The van der Waals surface area contributed by atoms with Gasteiger partial charge in [0.25, 0.3) is 0 Å². The zero-order valence-corrected chi connectivity index (χ0v) is 16.8. The number of hydrogen-bond acceptors (Lipinski definition) is 7. The Morgan fingerprint density at radius 1 is 1.12 bits per heavy atom. The van der Waals surface area contributed by atoms with Crippen molar-refractivity contribution in [2.75, 3.05) is 18.8 Å². The molecule has 0 fully saturated rings. The van der Waals surface area contributed by atoms with Crippen molar-refractivity contribution in [2.45, 2.75) is 11.1 Å². The first-order chi connectivity index (χ1) is 11.3. The number of Topliss-reactive ketones (excluding diaryl/α,β-unsaturated/α-hetero) is 1. The number of nitriles is 1. The van der Waals surface area contributed by atoms with Gasteiger partial charge in [0.15, 0.2) is 0 Å². The van der Waals surface area contributed by atoms with Crippen LogP contribution in [0.25, 0.3) is 0 Å². The average molecular weight is 428 g/mol. The fraction of sp³-hybridized carbons (Fsp3) is 0.286. The van der Waals surface area contributed by atoms with Crippen LogP contribution in [0.15, 0.2) is 32.9 Å². The normalized spacial score (nSPS) is 11.0. The number of thioether (sulfide) groups is 1. The molecule has 0 saturated heterocycles. The average Bonchev–Trinajstić information content (AvgIpc) is 2.54. The minimum Gasteiger partial charge on any atom is -0.288 e. The quantitative estimate of drug-likeness (QED) is 0.165. The van der Waals surface area contributed by atoms with E-state index in [2.05, 4.69) is 0 Å². The molecule has 10 heteroatoms. The maximum Gasteiger partial charge on any atom is 0.416 e. The Labute approximate surface area is 158 Å². The van der Waals surface area contributed by atoms with Crippen molar-refractivity contribution >= 4 is 60.7 Å². The third kappa shape index (κ3) is 5.59. The molecule has 0 atom stereocenters. The van der Waals surface area contributed by atoms with Crippen LogP contribution in [-0.2, 0) is 6.18 Å². The Bertz CT molecular complexity index is 674. The van der Waals surface area contributed by atoms with E-state index >= 15 is 0 Å². The van der Waals surface area contributed by atoms with Gasteiger partial charge < -0.3 is 0 Å². The number of carbonyl (C=O) groups excluding carboxylic acids is 1. The molecule has 0 aliphatic carbocycles. The highest BCUT2D eigenvalue weighted by molar-refractivity contribution is 8.87. The second-order valence-corrected chi connectivity index (χ2v) is 9.94. The second kappa shape index (κ2) is 9.97. The van der Waals surface area contributed by atoms with Crippen molar-refractivity contribution in [1.82, 2.24) is 0 Å². The van der Waals surface area contributed by atoms with Crippen molar-refractivity contribution in [3.05, 3.63) is 39.1 Å². The minimum absolute atomic E-state index is 0.0521. The van der Waals surface area contributed by atoms with Crippen LogP contribution in [0.3, 0.4) is 0 Å². The molecule has 0 radical (unpaired) electrons. The first-order valence-electron chi connectivity index (χ1n) is 6.15. The van der Waals surface area contributed by atoms with Gasteiger partial charge in [-0.1, -0.05) is 21.6 Å². The Kier molecular flexibility index (Phi) is 9.01. The van der Waals surface area contributed by atoms with Crippen LogP contribution >= 0.6 is 54.9 Å². The Morgan fingerprint density at radius 3 is 2.12 bits per heavy atom. The molecular formula is C14H12F3NOS5. The molecule has 0 spiro atoms. The number of alkyl halides is 3. The third-order valence-electron chi connectivity index (χ3n) is 2.63. The molecule has 0 amide bonds. The Balaban J connectivity index is 3.40. The number of halogens is 3. The zero-order valence-electron chi connectivity index (χ0n) is 12.8. The summed E-state index contributed by atoms with van der Waals surface area (Å²) in [5.74, 6) is -0.561. The molecule has 0 saturated carbocycles. The summed E-state index contributed by atoms with van der Waals surface area (Å²) < 4.78 is 39.0. The third-order valence-corrected chi connectivity index (χ3v) is 7.59. The SMILES string of the molecule is CSSC(SSC)=C(C#N)C(=O)c1ccc(C(F)(F)F)cc1SC. The van der Waals surface area contributed by atoms with Gasteiger partial charge in [-0.3, -0.25) is 4.79 Å². The second-order valence-electron chi connectivity index (χ2n) is 4.02. The largest absolute Gasteiger partial charge is 0.416 e. The maximum atomic E-state index is 12.8. The first-order valence-corrected chi connectivity index (χ1v) is 12.5. The van der Waals surface area contributed by atoms with E-state index in [-0.39, 0.29) is 16.0 Å². The Morgan fingerprint density at radius 2 is 1.71 bits per heavy atom. The van der Waals surface area contributed by atoms with Crippen molar-refractivity contribution in [1.29, 1.82) is 5.26 Å². The predicted octanol–water partition coefficient (Wildman–Crippen LogP) is 6.37. The molecule has 24 heavy (non-hydrogen) atoms. The summed E-state index contributed by atoms with van der Waals surface area (Å²) in [6.07, 6.45) is 0.748. The molecule has 0 aliphatic rings. The smallest absolute Gasteiger partial charge is 0.288 e. The molecular weight excluding hydrogens is 415 g/mol. The van der Waals surface area contributed by atoms with E-state index in [1.54, 1.807) is 6.26 Å². The van der Waals surface area contributed by atoms with E-state index < -0.39 is 17.5 Å². The zero-order chi connectivity index (χ0) is 18.3. The van der Waals surface area contributed by atoms with Crippen LogP contribution < -0.4 is 0 Å². The number of hydrogen-bond donors (Lipinski definition) is 0. The molecule has 1 rings (SSSR count). The van der Waals surface area contributed by atoms with Gasteiger partial charge in [0.1, 0.15) is 11.6 Å². The van der Waals surface area contributed by atoms with Crippen LogP contribution in [0.2, 0.25) is 0 Å². The fourth-order valence-electron chi connectivity index (χ4n) is 1.63. The predicted molar refractivity (Wildman–Crippen MR) is 102 cm³/mol. The number of allylic oxidation sites excluding steroid dienone is 1. The molecule has 130 valence electrons. The van der Waals surface area contributed by atoms with E-state index in [9.17, 15) is 23.2 Å². The fourth-order valence-corrected chi connectivity index (χ4v) is 6.74. The molecule has 2 nitrogen and oxygen atoms in total. The maximum absolute atomic E-state index is 12.8. The number of nitrogens with zero attached hydrogens (tertiary/aromatic N) is 1. The van der Waals surface area contributed by atoms with Crippen LogP contribution in [0.4, 0.5) is 13.2 Å². The number of rotatable bonds is 7. The molecule has 0 aromatic heterocycles. The van der Waals surface area contributed by atoms with Gasteiger partial charge >= 0.3 is 6.18 Å². The number of carbonyl (C=O) groups is 1. The summed E-state index contributed by atoms with van der Waals surface area (Å²) in [5.41, 5.74) is -0.764. The van der Waals surface area contributed by atoms with Crippen LogP contribution in [-0.4, -0.2) is 24.6 Å². The standard InChI is InChI=1S/C14H12F3NOS5/c1-20-11-6-8(14(15,16)17)4-5-9(11)12(19)10(7-18)13(23-21-2)24-22-3/h4-6H,1-3H3. The summed E-state index contributed by atoms with van der Waals surface area (Å²) in [5, 5.41) is 9.37. The van der Waals surface area contributed by atoms with Crippen LogP contribution in [0, 0.1) is 11.3 Å². The number of benzene rings is 1. The lowest BCUT2D eigenvalue weighted by atomic mass is 10.0. The summed E-state index contributed by atoms with van der Waals surface area (Å²) in [4.78, 5) is 12.9. The lowest BCUT2D eigenvalue weighted by Crippen LogP contribution is -2.09. The van der Waals surface area contributed by atoms with Crippen LogP contribution in [0.5, 0.6) is 0 Å². The summed E-state index contributed by atoms with van der Waals surface area (Å²) in [6, 6.07) is 4.84. The molecule has 1 aromatic rings. The summed E-state index contributed by atoms with van der Waals surface area (Å²) >= 11 is 1.04. The van der Waals surface area contributed by atoms with Gasteiger partial charge in [-0.05, 0) is 58.6 Å². The molecule has 0 unspecified atom stereocenters. The van der Waals surface area contributed by atoms with E-state index in [1.165, 1.54) is 43.2 Å². The molecule has 0 bridgehead atoms. The van der Waals surface area contributed by atoms with Gasteiger partial charge in [0.2, 0.25) is 5.78 Å². The summed E-state index contributed by atoms with van der Waals surface area (Å²) in [6.45, 7) is 0. The lowest BCUT2D eigenvalue weighted by molar-refractivity contribution is -0.137.